The van der Waals surface area contributed by atoms with Crippen LogP contribution in [0.2, 0.25) is 0 Å². The minimum absolute atomic E-state index is 0.0286. The first-order valence-corrected chi connectivity index (χ1v) is 7.63. The number of hydrogen-bond acceptors (Lipinski definition) is 5. The number of ether oxygens (including phenoxy) is 1. The van der Waals surface area contributed by atoms with E-state index >= 15 is 0 Å². The number of benzene rings is 1. The average molecular weight is 286 g/mol. The third-order valence-corrected chi connectivity index (χ3v) is 3.08. The molecule has 5 nitrogen and oxygen atoms in total. The standard InChI is InChI=1S/C13H18O5S/c1-9(2)12(13(14)17-3)10-6-5-7-11(8-10)18-19(4,15)16/h5-9,12H,1-4H3. The Bertz CT molecular complexity index is 548. The Labute approximate surface area is 113 Å². The van der Waals surface area contributed by atoms with Crippen LogP contribution in [-0.4, -0.2) is 27.8 Å². The van der Waals surface area contributed by atoms with Crippen molar-refractivity contribution < 1.29 is 22.1 Å². The minimum atomic E-state index is -3.58. The van der Waals surface area contributed by atoms with Gasteiger partial charge in [-0.05, 0) is 23.6 Å². The zero-order valence-electron chi connectivity index (χ0n) is 11.4. The van der Waals surface area contributed by atoms with E-state index in [1.165, 1.54) is 13.2 Å². The van der Waals surface area contributed by atoms with Gasteiger partial charge >= 0.3 is 16.1 Å². The van der Waals surface area contributed by atoms with Crippen LogP contribution in [0.3, 0.4) is 0 Å². The van der Waals surface area contributed by atoms with Crippen molar-refractivity contribution in [3.8, 4) is 5.75 Å². The van der Waals surface area contributed by atoms with Gasteiger partial charge in [0.15, 0.2) is 0 Å². The van der Waals surface area contributed by atoms with Gasteiger partial charge in [0.25, 0.3) is 0 Å². The molecule has 1 rings (SSSR count). The largest absolute Gasteiger partial charge is 0.469 e. The first-order chi connectivity index (χ1) is 8.74. The van der Waals surface area contributed by atoms with Gasteiger partial charge in [0.05, 0.1) is 19.3 Å². The van der Waals surface area contributed by atoms with Gasteiger partial charge in [-0.3, -0.25) is 4.79 Å². The van der Waals surface area contributed by atoms with Crippen LogP contribution in [0.1, 0.15) is 25.3 Å². The van der Waals surface area contributed by atoms with Crippen molar-refractivity contribution >= 4 is 16.1 Å². The summed E-state index contributed by atoms with van der Waals surface area (Å²) >= 11 is 0. The molecule has 0 amide bonds. The molecule has 0 fully saturated rings. The molecule has 0 bridgehead atoms. The Morgan fingerprint density at radius 3 is 2.37 bits per heavy atom. The van der Waals surface area contributed by atoms with E-state index in [2.05, 4.69) is 0 Å². The second-order valence-electron chi connectivity index (χ2n) is 4.60. The van der Waals surface area contributed by atoms with Crippen molar-refractivity contribution in [3.05, 3.63) is 29.8 Å². The summed E-state index contributed by atoms with van der Waals surface area (Å²) in [5.41, 5.74) is 0.669. The molecule has 1 unspecified atom stereocenters. The number of carbonyl (C=O) groups excluding carboxylic acids is 1. The maximum absolute atomic E-state index is 11.8. The quantitative estimate of drug-likeness (QED) is 0.611. The van der Waals surface area contributed by atoms with E-state index in [9.17, 15) is 13.2 Å². The Morgan fingerprint density at radius 1 is 1.26 bits per heavy atom. The summed E-state index contributed by atoms with van der Waals surface area (Å²) in [6, 6.07) is 6.47. The van der Waals surface area contributed by atoms with Crippen molar-refractivity contribution in [2.45, 2.75) is 19.8 Å². The summed E-state index contributed by atoms with van der Waals surface area (Å²) in [6.07, 6.45) is 0.972. The molecule has 1 aromatic carbocycles. The molecule has 0 spiro atoms. The maximum Gasteiger partial charge on any atom is 0.313 e. The molecule has 1 atom stereocenters. The lowest BCUT2D eigenvalue weighted by molar-refractivity contribution is -0.143. The Balaban J connectivity index is 3.12. The van der Waals surface area contributed by atoms with E-state index in [1.54, 1.807) is 18.2 Å². The highest BCUT2D eigenvalue weighted by atomic mass is 32.2. The van der Waals surface area contributed by atoms with Crippen LogP contribution in [-0.2, 0) is 19.6 Å². The van der Waals surface area contributed by atoms with Crippen LogP contribution in [0, 0.1) is 5.92 Å². The fourth-order valence-electron chi connectivity index (χ4n) is 1.85. The van der Waals surface area contributed by atoms with Crippen LogP contribution in [0.4, 0.5) is 0 Å². The fourth-order valence-corrected chi connectivity index (χ4v) is 2.31. The molecule has 1 aromatic rings. The van der Waals surface area contributed by atoms with E-state index in [1.807, 2.05) is 13.8 Å². The normalized spacial score (nSPS) is 13.1. The van der Waals surface area contributed by atoms with Crippen LogP contribution in [0.25, 0.3) is 0 Å². The smallest absolute Gasteiger partial charge is 0.313 e. The summed E-state index contributed by atoms with van der Waals surface area (Å²) in [5, 5.41) is 0. The lowest BCUT2D eigenvalue weighted by Gasteiger charge is -2.19. The van der Waals surface area contributed by atoms with Gasteiger partial charge in [-0.2, -0.15) is 8.42 Å². The van der Waals surface area contributed by atoms with Gasteiger partial charge in [-0.1, -0.05) is 26.0 Å². The second-order valence-corrected chi connectivity index (χ2v) is 6.18. The van der Waals surface area contributed by atoms with Crippen LogP contribution in [0.15, 0.2) is 24.3 Å². The third-order valence-electron chi connectivity index (χ3n) is 2.59. The maximum atomic E-state index is 11.8. The molecular formula is C13H18O5S. The summed E-state index contributed by atoms with van der Waals surface area (Å²) in [6.45, 7) is 3.79. The molecule has 0 aromatic heterocycles. The molecular weight excluding hydrogens is 268 g/mol. The summed E-state index contributed by atoms with van der Waals surface area (Å²) in [5.74, 6) is -0.588. The van der Waals surface area contributed by atoms with Crippen molar-refractivity contribution in [3.63, 3.8) is 0 Å². The second kappa shape index (κ2) is 6.06. The van der Waals surface area contributed by atoms with Crippen molar-refractivity contribution in [1.82, 2.24) is 0 Å². The Morgan fingerprint density at radius 2 is 1.89 bits per heavy atom. The van der Waals surface area contributed by atoms with Crippen LogP contribution in [0.5, 0.6) is 5.75 Å². The minimum Gasteiger partial charge on any atom is -0.469 e. The SMILES string of the molecule is COC(=O)C(c1cccc(OS(C)(=O)=O)c1)C(C)C. The van der Waals surface area contributed by atoms with Gasteiger partial charge in [0, 0.05) is 0 Å². The van der Waals surface area contributed by atoms with E-state index in [0.29, 0.717) is 5.56 Å². The summed E-state index contributed by atoms with van der Waals surface area (Å²) < 4.78 is 31.8. The molecule has 0 heterocycles. The topological polar surface area (TPSA) is 69.7 Å². The highest BCUT2D eigenvalue weighted by Crippen LogP contribution is 2.28. The number of rotatable bonds is 5. The molecule has 0 aliphatic heterocycles. The molecule has 0 N–H and O–H groups in total. The van der Waals surface area contributed by atoms with Gasteiger partial charge in [0.1, 0.15) is 5.75 Å². The molecule has 0 radical (unpaired) electrons. The van der Waals surface area contributed by atoms with Crippen molar-refractivity contribution in [2.24, 2.45) is 5.92 Å². The molecule has 19 heavy (non-hydrogen) atoms. The van der Waals surface area contributed by atoms with Crippen LogP contribution >= 0.6 is 0 Å². The van der Waals surface area contributed by atoms with E-state index in [0.717, 1.165) is 6.26 Å². The molecule has 0 aliphatic carbocycles. The fraction of sp³-hybridized carbons (Fsp3) is 0.462. The van der Waals surface area contributed by atoms with E-state index in [4.69, 9.17) is 8.92 Å². The molecule has 6 heteroatoms. The van der Waals surface area contributed by atoms with Gasteiger partial charge in [-0.25, -0.2) is 0 Å². The number of esters is 1. The zero-order valence-corrected chi connectivity index (χ0v) is 12.2. The van der Waals surface area contributed by atoms with E-state index in [-0.39, 0.29) is 17.6 Å². The molecule has 0 aliphatic rings. The highest BCUT2D eigenvalue weighted by Gasteiger charge is 2.25. The van der Waals surface area contributed by atoms with E-state index < -0.39 is 16.0 Å². The lowest BCUT2D eigenvalue weighted by atomic mass is 9.88. The first kappa shape index (κ1) is 15.5. The highest BCUT2D eigenvalue weighted by molar-refractivity contribution is 7.86. The molecule has 0 saturated heterocycles. The first-order valence-electron chi connectivity index (χ1n) is 5.82. The average Bonchev–Trinajstić information content (AvgIpc) is 2.26. The van der Waals surface area contributed by atoms with Crippen molar-refractivity contribution in [1.29, 1.82) is 0 Å². The zero-order chi connectivity index (χ0) is 14.6. The lowest BCUT2D eigenvalue weighted by Crippen LogP contribution is -2.19. The number of hydrogen-bond donors (Lipinski definition) is 0. The van der Waals surface area contributed by atoms with Gasteiger partial charge in [-0.15, -0.1) is 0 Å². The monoisotopic (exact) mass is 286 g/mol. The Hall–Kier alpha value is -1.56. The van der Waals surface area contributed by atoms with Crippen molar-refractivity contribution in [2.75, 3.05) is 13.4 Å². The number of carbonyl (C=O) groups is 1. The van der Waals surface area contributed by atoms with Crippen LogP contribution < -0.4 is 4.18 Å². The third kappa shape index (κ3) is 4.55. The Kier molecular flexibility index (Phi) is 4.94. The molecule has 106 valence electrons. The predicted octanol–water partition coefficient (Wildman–Crippen LogP) is 1.94. The number of methoxy groups -OCH3 is 1. The van der Waals surface area contributed by atoms with Gasteiger partial charge < -0.3 is 8.92 Å². The predicted molar refractivity (Wildman–Crippen MR) is 71.5 cm³/mol. The van der Waals surface area contributed by atoms with Gasteiger partial charge in [0.2, 0.25) is 0 Å². The molecule has 0 saturated carbocycles. The summed E-state index contributed by atoms with van der Waals surface area (Å²) in [4.78, 5) is 11.8. The summed E-state index contributed by atoms with van der Waals surface area (Å²) in [7, 11) is -2.25.